The highest BCUT2D eigenvalue weighted by Gasteiger charge is 2.10. The third-order valence-electron chi connectivity index (χ3n) is 2.85. The van der Waals surface area contributed by atoms with Crippen molar-refractivity contribution in [1.82, 2.24) is 5.32 Å². The van der Waals surface area contributed by atoms with Crippen LogP contribution < -0.4 is 10.1 Å². The largest absolute Gasteiger partial charge is 0.489 e. The van der Waals surface area contributed by atoms with Gasteiger partial charge in [0.05, 0.1) is 0 Å². The van der Waals surface area contributed by atoms with E-state index in [9.17, 15) is 0 Å². The van der Waals surface area contributed by atoms with Gasteiger partial charge in [0.2, 0.25) is 0 Å². The Labute approximate surface area is 112 Å². The maximum absolute atomic E-state index is 6.03. The molecule has 0 spiro atoms. The van der Waals surface area contributed by atoms with Crippen molar-refractivity contribution in [2.24, 2.45) is 5.92 Å². The summed E-state index contributed by atoms with van der Waals surface area (Å²) >= 11 is 0. The molecule has 0 aliphatic heterocycles. The van der Waals surface area contributed by atoms with Crippen molar-refractivity contribution in [1.29, 1.82) is 0 Å². The maximum atomic E-state index is 6.03. The van der Waals surface area contributed by atoms with Gasteiger partial charge >= 0.3 is 0 Å². The first-order valence-electron chi connectivity index (χ1n) is 6.97. The number of rotatable bonds is 7. The van der Waals surface area contributed by atoms with Crippen LogP contribution in [0, 0.1) is 5.92 Å². The van der Waals surface area contributed by atoms with Gasteiger partial charge in [-0.2, -0.15) is 0 Å². The lowest BCUT2D eigenvalue weighted by molar-refractivity contribution is 0.213. The van der Waals surface area contributed by atoms with E-state index in [4.69, 9.17) is 4.74 Å². The molecule has 0 saturated heterocycles. The zero-order valence-corrected chi connectivity index (χ0v) is 12.4. The SMILES string of the molecule is CC(C)CNCC(C)Oc1ccccc1C(C)C. The van der Waals surface area contributed by atoms with Crippen molar-refractivity contribution in [2.75, 3.05) is 13.1 Å². The summed E-state index contributed by atoms with van der Waals surface area (Å²) in [7, 11) is 0. The lowest BCUT2D eigenvalue weighted by Gasteiger charge is -2.19. The van der Waals surface area contributed by atoms with Crippen LogP contribution in [0.25, 0.3) is 0 Å². The summed E-state index contributed by atoms with van der Waals surface area (Å²) in [5, 5.41) is 3.43. The van der Waals surface area contributed by atoms with Gasteiger partial charge in [0, 0.05) is 6.54 Å². The van der Waals surface area contributed by atoms with Crippen LogP contribution in [0.2, 0.25) is 0 Å². The van der Waals surface area contributed by atoms with Gasteiger partial charge in [0.1, 0.15) is 11.9 Å². The normalized spacial score (nSPS) is 13.1. The molecule has 18 heavy (non-hydrogen) atoms. The lowest BCUT2D eigenvalue weighted by atomic mass is 10.0. The van der Waals surface area contributed by atoms with Crippen LogP contribution in [0.5, 0.6) is 5.75 Å². The first-order valence-corrected chi connectivity index (χ1v) is 6.97. The molecule has 0 amide bonds. The summed E-state index contributed by atoms with van der Waals surface area (Å²) < 4.78 is 6.03. The van der Waals surface area contributed by atoms with Gasteiger partial charge in [0.15, 0.2) is 0 Å². The molecule has 102 valence electrons. The zero-order chi connectivity index (χ0) is 13.5. The molecule has 0 fully saturated rings. The molecular formula is C16H27NO. The molecule has 1 atom stereocenters. The molecule has 2 heteroatoms. The Morgan fingerprint density at radius 2 is 1.67 bits per heavy atom. The summed E-state index contributed by atoms with van der Waals surface area (Å²) in [5.41, 5.74) is 1.29. The first-order chi connectivity index (χ1) is 8.50. The molecule has 1 aromatic carbocycles. The highest BCUT2D eigenvalue weighted by atomic mass is 16.5. The van der Waals surface area contributed by atoms with Crippen molar-refractivity contribution in [2.45, 2.75) is 46.6 Å². The quantitative estimate of drug-likeness (QED) is 0.793. The fraction of sp³-hybridized carbons (Fsp3) is 0.625. The molecule has 1 unspecified atom stereocenters. The van der Waals surface area contributed by atoms with Gasteiger partial charge in [-0.15, -0.1) is 0 Å². The third-order valence-corrected chi connectivity index (χ3v) is 2.85. The molecule has 2 nitrogen and oxygen atoms in total. The van der Waals surface area contributed by atoms with E-state index in [2.05, 4.69) is 58.1 Å². The van der Waals surface area contributed by atoms with Gasteiger partial charge < -0.3 is 10.1 Å². The van der Waals surface area contributed by atoms with Crippen LogP contribution in [0.15, 0.2) is 24.3 Å². The van der Waals surface area contributed by atoms with Gasteiger partial charge in [-0.3, -0.25) is 0 Å². The number of hydrogen-bond acceptors (Lipinski definition) is 2. The second-order valence-corrected chi connectivity index (χ2v) is 5.67. The summed E-state index contributed by atoms with van der Waals surface area (Å²) in [4.78, 5) is 0. The van der Waals surface area contributed by atoms with E-state index >= 15 is 0 Å². The van der Waals surface area contributed by atoms with E-state index in [1.165, 1.54) is 5.56 Å². The molecule has 0 aromatic heterocycles. The summed E-state index contributed by atoms with van der Waals surface area (Å²) in [6, 6.07) is 8.32. The summed E-state index contributed by atoms with van der Waals surface area (Å²) in [6.45, 7) is 12.9. The van der Waals surface area contributed by atoms with E-state index < -0.39 is 0 Å². The number of hydrogen-bond donors (Lipinski definition) is 1. The fourth-order valence-corrected chi connectivity index (χ4v) is 1.90. The number of benzene rings is 1. The first kappa shape index (κ1) is 15.0. The lowest BCUT2D eigenvalue weighted by Crippen LogP contribution is -2.31. The van der Waals surface area contributed by atoms with Crippen molar-refractivity contribution in [3.8, 4) is 5.75 Å². The second kappa shape index (κ2) is 7.42. The molecule has 1 aromatic rings. The van der Waals surface area contributed by atoms with Crippen LogP contribution in [-0.4, -0.2) is 19.2 Å². The number of ether oxygens (including phenoxy) is 1. The summed E-state index contributed by atoms with van der Waals surface area (Å²) in [6.07, 6.45) is 0.198. The van der Waals surface area contributed by atoms with Crippen LogP contribution in [0.4, 0.5) is 0 Å². The molecular weight excluding hydrogens is 222 g/mol. The minimum atomic E-state index is 0.198. The predicted molar refractivity (Wildman–Crippen MR) is 78.3 cm³/mol. The molecule has 0 radical (unpaired) electrons. The molecule has 0 bridgehead atoms. The fourth-order valence-electron chi connectivity index (χ4n) is 1.90. The molecule has 0 saturated carbocycles. The average Bonchev–Trinajstić information content (AvgIpc) is 2.28. The standard InChI is InChI=1S/C16H27NO/c1-12(2)10-17-11-14(5)18-16-9-7-6-8-15(16)13(3)4/h6-9,12-14,17H,10-11H2,1-5H3. The highest BCUT2D eigenvalue weighted by molar-refractivity contribution is 5.35. The van der Waals surface area contributed by atoms with Gasteiger partial charge in [-0.25, -0.2) is 0 Å². The van der Waals surface area contributed by atoms with E-state index in [1.54, 1.807) is 0 Å². The average molecular weight is 249 g/mol. The Morgan fingerprint density at radius 1 is 1.00 bits per heavy atom. The topological polar surface area (TPSA) is 21.3 Å². The minimum absolute atomic E-state index is 0.198. The Kier molecular flexibility index (Phi) is 6.20. The van der Waals surface area contributed by atoms with Crippen molar-refractivity contribution in [3.63, 3.8) is 0 Å². The van der Waals surface area contributed by atoms with Crippen molar-refractivity contribution in [3.05, 3.63) is 29.8 Å². The number of para-hydroxylation sites is 1. The third kappa shape index (κ3) is 5.09. The predicted octanol–water partition coefficient (Wildman–Crippen LogP) is 3.82. The van der Waals surface area contributed by atoms with E-state index in [0.717, 1.165) is 18.8 Å². The smallest absolute Gasteiger partial charge is 0.123 e. The zero-order valence-electron chi connectivity index (χ0n) is 12.4. The van der Waals surface area contributed by atoms with Gasteiger partial charge in [0.25, 0.3) is 0 Å². The summed E-state index contributed by atoms with van der Waals surface area (Å²) in [5.74, 6) is 2.20. The molecule has 1 N–H and O–H groups in total. The van der Waals surface area contributed by atoms with E-state index in [1.807, 2.05) is 6.07 Å². The minimum Gasteiger partial charge on any atom is -0.489 e. The van der Waals surface area contributed by atoms with Crippen LogP contribution in [0.3, 0.4) is 0 Å². The Morgan fingerprint density at radius 3 is 2.28 bits per heavy atom. The Balaban J connectivity index is 2.51. The molecule has 1 rings (SSSR count). The molecule has 0 aliphatic carbocycles. The Bertz CT molecular complexity index is 347. The van der Waals surface area contributed by atoms with Gasteiger partial charge in [-0.1, -0.05) is 45.9 Å². The Hall–Kier alpha value is -1.02. The highest BCUT2D eigenvalue weighted by Crippen LogP contribution is 2.26. The second-order valence-electron chi connectivity index (χ2n) is 5.67. The van der Waals surface area contributed by atoms with E-state index in [-0.39, 0.29) is 6.10 Å². The van der Waals surface area contributed by atoms with Crippen molar-refractivity contribution >= 4 is 0 Å². The number of nitrogens with one attached hydrogen (secondary N) is 1. The van der Waals surface area contributed by atoms with Crippen LogP contribution in [0.1, 0.15) is 46.1 Å². The molecule has 0 aliphatic rings. The maximum Gasteiger partial charge on any atom is 0.123 e. The van der Waals surface area contributed by atoms with E-state index in [0.29, 0.717) is 11.8 Å². The van der Waals surface area contributed by atoms with Crippen molar-refractivity contribution < 1.29 is 4.74 Å². The van der Waals surface area contributed by atoms with Gasteiger partial charge in [-0.05, 0) is 36.9 Å². The van der Waals surface area contributed by atoms with Crippen LogP contribution in [-0.2, 0) is 0 Å². The molecule has 0 heterocycles. The van der Waals surface area contributed by atoms with Crippen LogP contribution >= 0.6 is 0 Å². The monoisotopic (exact) mass is 249 g/mol.